The van der Waals surface area contributed by atoms with Crippen molar-refractivity contribution < 1.29 is 9.53 Å². The van der Waals surface area contributed by atoms with Crippen LogP contribution in [0.25, 0.3) is 32.7 Å². The Balaban J connectivity index is 2.18. The molecule has 0 amide bonds. The maximum atomic E-state index is 12.8. The van der Waals surface area contributed by atoms with Gasteiger partial charge in [0.05, 0.1) is 18.2 Å². The standard InChI is InChI=1S/C22H17ClN2O3/c1-28-22(27)18-9-17-19(16-8-14(23)5-6-15(16)18)11-25-21(26)20(17)13-4-2-3-12(7-13)10-24/h2-9,11H,10,24H2,1H3,(H,25,26). The van der Waals surface area contributed by atoms with Gasteiger partial charge in [-0.2, -0.15) is 0 Å². The van der Waals surface area contributed by atoms with Crippen LogP contribution < -0.4 is 11.3 Å². The number of methoxy groups -OCH3 is 1. The second-order valence-corrected chi connectivity index (χ2v) is 6.90. The van der Waals surface area contributed by atoms with Crippen LogP contribution in [0.3, 0.4) is 0 Å². The fourth-order valence-electron chi connectivity index (χ4n) is 3.53. The highest BCUT2D eigenvalue weighted by atomic mass is 35.5. The third kappa shape index (κ3) is 2.95. The first-order valence-corrected chi connectivity index (χ1v) is 9.06. The van der Waals surface area contributed by atoms with E-state index in [0.717, 1.165) is 21.9 Å². The highest BCUT2D eigenvalue weighted by Gasteiger charge is 2.18. The van der Waals surface area contributed by atoms with E-state index in [1.807, 2.05) is 24.3 Å². The second kappa shape index (κ2) is 7.11. The van der Waals surface area contributed by atoms with E-state index in [2.05, 4.69) is 4.98 Å². The molecule has 0 atom stereocenters. The van der Waals surface area contributed by atoms with Crippen molar-refractivity contribution in [1.82, 2.24) is 4.98 Å². The monoisotopic (exact) mass is 392 g/mol. The third-order valence-electron chi connectivity index (χ3n) is 4.84. The average molecular weight is 393 g/mol. The van der Waals surface area contributed by atoms with Crippen LogP contribution in [-0.4, -0.2) is 18.1 Å². The van der Waals surface area contributed by atoms with Gasteiger partial charge in [-0.1, -0.05) is 35.9 Å². The van der Waals surface area contributed by atoms with Crippen molar-refractivity contribution in [3.05, 3.63) is 81.2 Å². The topological polar surface area (TPSA) is 85.2 Å². The Hall–Kier alpha value is -3.15. The molecule has 6 heteroatoms. The molecule has 0 bridgehead atoms. The Labute approximate surface area is 165 Å². The van der Waals surface area contributed by atoms with Gasteiger partial charge in [0.25, 0.3) is 5.56 Å². The molecule has 0 aliphatic heterocycles. The van der Waals surface area contributed by atoms with Gasteiger partial charge in [-0.15, -0.1) is 0 Å². The molecule has 4 rings (SSSR count). The molecule has 28 heavy (non-hydrogen) atoms. The number of halogens is 1. The zero-order chi connectivity index (χ0) is 19.8. The van der Waals surface area contributed by atoms with Gasteiger partial charge in [0.15, 0.2) is 0 Å². The zero-order valence-corrected chi connectivity index (χ0v) is 15.8. The van der Waals surface area contributed by atoms with Crippen LogP contribution >= 0.6 is 11.6 Å². The van der Waals surface area contributed by atoms with E-state index in [-0.39, 0.29) is 5.56 Å². The summed E-state index contributed by atoms with van der Waals surface area (Å²) in [6.45, 7) is 0.364. The lowest BCUT2D eigenvalue weighted by Crippen LogP contribution is -2.10. The van der Waals surface area contributed by atoms with E-state index in [1.54, 1.807) is 30.5 Å². The average Bonchev–Trinajstić information content (AvgIpc) is 2.72. The van der Waals surface area contributed by atoms with Crippen molar-refractivity contribution in [3.8, 4) is 11.1 Å². The molecule has 4 aromatic rings. The summed E-state index contributed by atoms with van der Waals surface area (Å²) < 4.78 is 4.96. The number of aromatic nitrogens is 1. The van der Waals surface area contributed by atoms with E-state index in [1.165, 1.54) is 7.11 Å². The molecule has 140 valence electrons. The SMILES string of the molecule is COC(=O)c1cc2c(-c3cccc(CN)c3)c(=O)[nH]cc2c2cc(Cl)ccc12. The predicted molar refractivity (Wildman–Crippen MR) is 112 cm³/mol. The molecule has 0 radical (unpaired) electrons. The van der Waals surface area contributed by atoms with Crippen molar-refractivity contribution in [2.24, 2.45) is 5.73 Å². The number of hydrogen-bond donors (Lipinski definition) is 2. The number of H-pyrrole nitrogens is 1. The summed E-state index contributed by atoms with van der Waals surface area (Å²) >= 11 is 6.21. The fraction of sp³-hybridized carbons (Fsp3) is 0.0909. The predicted octanol–water partition coefficient (Wildman–Crippen LogP) is 4.25. The Morgan fingerprint density at radius 1 is 1.07 bits per heavy atom. The number of carbonyl (C=O) groups excluding carboxylic acids is 1. The molecule has 0 saturated carbocycles. The number of fused-ring (bicyclic) bond motifs is 3. The van der Waals surface area contributed by atoms with Crippen LogP contribution in [0.1, 0.15) is 15.9 Å². The first-order valence-electron chi connectivity index (χ1n) is 8.69. The summed E-state index contributed by atoms with van der Waals surface area (Å²) in [7, 11) is 1.33. The largest absolute Gasteiger partial charge is 0.465 e. The van der Waals surface area contributed by atoms with Crippen molar-refractivity contribution in [2.75, 3.05) is 7.11 Å². The lowest BCUT2D eigenvalue weighted by molar-refractivity contribution is 0.0603. The number of hydrogen-bond acceptors (Lipinski definition) is 4. The summed E-state index contributed by atoms with van der Waals surface area (Å²) in [5.74, 6) is -0.476. The summed E-state index contributed by atoms with van der Waals surface area (Å²) in [5.41, 5.74) is 7.99. The molecular formula is C22H17ClN2O3. The molecular weight excluding hydrogens is 376 g/mol. The first kappa shape index (κ1) is 18.2. The maximum Gasteiger partial charge on any atom is 0.338 e. The van der Waals surface area contributed by atoms with Crippen LogP contribution in [0.4, 0.5) is 0 Å². The molecule has 0 saturated heterocycles. The highest BCUT2D eigenvalue weighted by molar-refractivity contribution is 6.32. The number of carbonyl (C=O) groups is 1. The second-order valence-electron chi connectivity index (χ2n) is 6.46. The van der Waals surface area contributed by atoms with E-state index in [4.69, 9.17) is 22.1 Å². The van der Waals surface area contributed by atoms with E-state index in [9.17, 15) is 9.59 Å². The molecule has 0 fully saturated rings. The van der Waals surface area contributed by atoms with Gasteiger partial charge in [0.2, 0.25) is 0 Å². The van der Waals surface area contributed by atoms with Crippen LogP contribution in [0, 0.1) is 0 Å². The minimum Gasteiger partial charge on any atom is -0.465 e. The summed E-state index contributed by atoms with van der Waals surface area (Å²) in [6, 6.07) is 14.5. The number of nitrogens with one attached hydrogen (secondary N) is 1. The van der Waals surface area contributed by atoms with Gasteiger partial charge in [-0.05, 0) is 51.6 Å². The number of ether oxygens (including phenoxy) is 1. The minimum absolute atomic E-state index is 0.251. The van der Waals surface area contributed by atoms with Crippen molar-refractivity contribution >= 4 is 39.1 Å². The Morgan fingerprint density at radius 3 is 2.64 bits per heavy atom. The molecule has 0 aliphatic carbocycles. The van der Waals surface area contributed by atoms with Gasteiger partial charge in [-0.3, -0.25) is 4.79 Å². The van der Waals surface area contributed by atoms with Crippen LogP contribution in [-0.2, 0) is 11.3 Å². The molecule has 0 unspecified atom stereocenters. The van der Waals surface area contributed by atoms with Crippen LogP contribution in [0.2, 0.25) is 5.02 Å². The van der Waals surface area contributed by atoms with Crippen LogP contribution in [0.5, 0.6) is 0 Å². The fourth-order valence-corrected chi connectivity index (χ4v) is 3.70. The lowest BCUT2D eigenvalue weighted by Gasteiger charge is -2.13. The Kier molecular flexibility index (Phi) is 4.63. The van der Waals surface area contributed by atoms with E-state index >= 15 is 0 Å². The molecule has 5 nitrogen and oxygen atoms in total. The molecule has 1 heterocycles. The minimum atomic E-state index is -0.476. The molecule has 3 N–H and O–H groups in total. The number of benzene rings is 3. The smallest absolute Gasteiger partial charge is 0.338 e. The highest BCUT2D eigenvalue weighted by Crippen LogP contribution is 2.34. The Morgan fingerprint density at radius 2 is 1.89 bits per heavy atom. The summed E-state index contributed by atoms with van der Waals surface area (Å²) in [5, 5.41) is 3.44. The maximum absolute atomic E-state index is 12.8. The van der Waals surface area contributed by atoms with Gasteiger partial charge in [0, 0.05) is 23.2 Å². The lowest BCUT2D eigenvalue weighted by atomic mass is 9.93. The normalized spacial score (nSPS) is 11.1. The van der Waals surface area contributed by atoms with Gasteiger partial charge >= 0.3 is 5.97 Å². The van der Waals surface area contributed by atoms with Gasteiger partial charge in [-0.25, -0.2) is 4.79 Å². The first-order chi connectivity index (χ1) is 13.5. The van der Waals surface area contributed by atoms with Gasteiger partial charge in [0.1, 0.15) is 0 Å². The van der Waals surface area contributed by atoms with Crippen molar-refractivity contribution in [3.63, 3.8) is 0 Å². The van der Waals surface area contributed by atoms with Gasteiger partial charge < -0.3 is 15.5 Å². The Bertz CT molecular complexity index is 1290. The molecule has 0 spiro atoms. The number of pyridine rings is 1. The molecule has 1 aromatic heterocycles. The summed E-state index contributed by atoms with van der Waals surface area (Å²) in [6.07, 6.45) is 1.65. The number of aromatic amines is 1. The number of rotatable bonds is 3. The number of nitrogens with two attached hydrogens (primary N) is 1. The van der Waals surface area contributed by atoms with E-state index < -0.39 is 5.97 Å². The molecule has 0 aliphatic rings. The van der Waals surface area contributed by atoms with E-state index in [0.29, 0.717) is 33.5 Å². The summed E-state index contributed by atoms with van der Waals surface area (Å²) in [4.78, 5) is 28.0. The zero-order valence-electron chi connectivity index (χ0n) is 15.1. The third-order valence-corrected chi connectivity index (χ3v) is 5.08. The molecule has 3 aromatic carbocycles. The quantitative estimate of drug-likeness (QED) is 0.403. The van der Waals surface area contributed by atoms with Crippen LogP contribution in [0.15, 0.2) is 59.5 Å². The van der Waals surface area contributed by atoms with Crippen molar-refractivity contribution in [2.45, 2.75) is 6.54 Å². The van der Waals surface area contributed by atoms with Crippen molar-refractivity contribution in [1.29, 1.82) is 0 Å². The number of esters is 1.